The largest absolute Gasteiger partial charge is 0.451 e. The third kappa shape index (κ3) is 5.76. The van der Waals surface area contributed by atoms with Gasteiger partial charge in [0.25, 0.3) is 0 Å². The number of hydrazone groups is 1. The van der Waals surface area contributed by atoms with E-state index in [2.05, 4.69) is 25.3 Å². The summed E-state index contributed by atoms with van der Waals surface area (Å²) >= 11 is 0. The zero-order chi connectivity index (χ0) is 25.2. The van der Waals surface area contributed by atoms with Crippen molar-refractivity contribution in [1.82, 2.24) is 30.1 Å². The summed E-state index contributed by atoms with van der Waals surface area (Å²) in [6.45, 7) is 6.35. The molecule has 12 heteroatoms. The maximum absolute atomic E-state index is 12.9. The Labute approximate surface area is 200 Å². The van der Waals surface area contributed by atoms with Crippen molar-refractivity contribution in [3.8, 4) is 0 Å². The first-order valence-corrected chi connectivity index (χ1v) is 11.2. The Morgan fingerprint density at radius 1 is 1.06 bits per heavy atom. The van der Waals surface area contributed by atoms with E-state index in [0.717, 1.165) is 29.2 Å². The highest BCUT2D eigenvalue weighted by Gasteiger charge is 2.37. The molecule has 2 aromatic rings. The van der Waals surface area contributed by atoms with Crippen molar-refractivity contribution >= 4 is 17.6 Å². The number of amides is 3. The van der Waals surface area contributed by atoms with Gasteiger partial charge in [0, 0.05) is 57.6 Å². The van der Waals surface area contributed by atoms with Crippen molar-refractivity contribution in [3.63, 3.8) is 0 Å². The molecule has 2 aliphatic heterocycles. The molecular formula is C23H26F3N7O2. The number of rotatable bonds is 4. The first kappa shape index (κ1) is 24.6. The van der Waals surface area contributed by atoms with Crippen LogP contribution >= 0.6 is 0 Å². The van der Waals surface area contributed by atoms with Gasteiger partial charge >= 0.3 is 12.2 Å². The van der Waals surface area contributed by atoms with Crippen LogP contribution in [0.1, 0.15) is 29.4 Å². The highest BCUT2D eigenvalue weighted by atomic mass is 19.4. The molecule has 4 rings (SSSR count). The molecular weight excluding hydrogens is 463 g/mol. The number of aromatic nitrogens is 2. The second kappa shape index (κ2) is 9.98. The quantitative estimate of drug-likeness (QED) is 0.711. The molecule has 3 amide bonds. The second-order valence-electron chi connectivity index (χ2n) is 8.56. The lowest BCUT2D eigenvalue weighted by Crippen LogP contribution is -2.54. The summed E-state index contributed by atoms with van der Waals surface area (Å²) in [4.78, 5) is 35.2. The van der Waals surface area contributed by atoms with Crippen LogP contribution in [0.3, 0.4) is 0 Å². The number of urea groups is 1. The average Bonchev–Trinajstić information content (AvgIpc) is 3.28. The highest BCUT2D eigenvalue weighted by Crippen LogP contribution is 2.25. The smallest absolute Gasteiger partial charge is 0.340 e. The molecule has 1 N–H and O–H groups in total. The maximum atomic E-state index is 12.9. The second-order valence-corrected chi connectivity index (χ2v) is 8.56. The summed E-state index contributed by atoms with van der Waals surface area (Å²) in [7, 11) is 0. The standard InChI is InChI=1S/C23H26F3N7O2/c1-15-3-5-18(6-4-15)20-19(32-9-7-31(8-10-32)16(2)34)14-33(30-20)22(35)29-13-17-11-27-21(28-12-17)23(24,25)26/h3-6,11-12,19H,7-10,13-14H2,1-2H3,(H,29,35). The van der Waals surface area contributed by atoms with E-state index >= 15 is 0 Å². The van der Waals surface area contributed by atoms with Gasteiger partial charge in [-0.1, -0.05) is 29.8 Å². The van der Waals surface area contributed by atoms with Crippen LogP contribution in [0.5, 0.6) is 0 Å². The van der Waals surface area contributed by atoms with Gasteiger partial charge in [-0.25, -0.2) is 19.8 Å². The minimum atomic E-state index is -4.62. The Morgan fingerprint density at radius 3 is 2.26 bits per heavy atom. The zero-order valence-electron chi connectivity index (χ0n) is 19.4. The van der Waals surface area contributed by atoms with Gasteiger partial charge in [-0.05, 0) is 12.5 Å². The molecule has 0 bridgehead atoms. The molecule has 1 saturated heterocycles. The minimum Gasteiger partial charge on any atom is -0.340 e. The van der Waals surface area contributed by atoms with E-state index in [0.29, 0.717) is 38.3 Å². The van der Waals surface area contributed by atoms with E-state index in [9.17, 15) is 22.8 Å². The minimum absolute atomic E-state index is 0.0369. The molecule has 1 fully saturated rings. The first-order valence-electron chi connectivity index (χ1n) is 11.2. The number of halogens is 3. The lowest BCUT2D eigenvalue weighted by Gasteiger charge is -2.37. The van der Waals surface area contributed by atoms with Gasteiger partial charge in [0.15, 0.2) is 0 Å². The Balaban J connectivity index is 1.46. The third-order valence-electron chi connectivity index (χ3n) is 6.07. The molecule has 1 aromatic heterocycles. The molecule has 35 heavy (non-hydrogen) atoms. The predicted octanol–water partition coefficient (Wildman–Crippen LogP) is 2.27. The van der Waals surface area contributed by atoms with Crippen LogP contribution in [0.4, 0.5) is 18.0 Å². The Bertz CT molecular complexity index is 1100. The van der Waals surface area contributed by atoms with E-state index in [1.165, 1.54) is 5.01 Å². The Morgan fingerprint density at radius 2 is 1.69 bits per heavy atom. The van der Waals surface area contributed by atoms with Crippen LogP contribution in [0.25, 0.3) is 0 Å². The van der Waals surface area contributed by atoms with Gasteiger partial charge in [-0.2, -0.15) is 18.3 Å². The van der Waals surface area contributed by atoms with Crippen molar-refractivity contribution in [1.29, 1.82) is 0 Å². The van der Waals surface area contributed by atoms with E-state index in [1.807, 2.05) is 31.2 Å². The van der Waals surface area contributed by atoms with E-state index < -0.39 is 18.0 Å². The van der Waals surface area contributed by atoms with Crippen LogP contribution in [-0.2, 0) is 17.5 Å². The topological polar surface area (TPSA) is 94.0 Å². The molecule has 0 aliphatic carbocycles. The molecule has 3 heterocycles. The fourth-order valence-corrected chi connectivity index (χ4v) is 4.09. The fraction of sp³-hybridized carbons (Fsp3) is 0.435. The molecule has 9 nitrogen and oxygen atoms in total. The molecule has 1 atom stereocenters. The summed E-state index contributed by atoms with van der Waals surface area (Å²) in [6, 6.07) is 7.28. The lowest BCUT2D eigenvalue weighted by atomic mass is 10.0. The van der Waals surface area contributed by atoms with Gasteiger partial charge in [0.2, 0.25) is 11.7 Å². The van der Waals surface area contributed by atoms with Crippen molar-refractivity contribution in [3.05, 3.63) is 59.2 Å². The number of nitrogens with one attached hydrogen (secondary N) is 1. The van der Waals surface area contributed by atoms with Crippen LogP contribution < -0.4 is 5.32 Å². The van der Waals surface area contributed by atoms with Crippen molar-refractivity contribution in [2.45, 2.75) is 32.6 Å². The number of benzene rings is 1. The molecule has 186 valence electrons. The van der Waals surface area contributed by atoms with Gasteiger partial charge in [-0.3, -0.25) is 9.69 Å². The van der Waals surface area contributed by atoms with E-state index in [1.54, 1.807) is 11.8 Å². The molecule has 1 unspecified atom stereocenters. The van der Waals surface area contributed by atoms with Crippen LogP contribution in [-0.4, -0.2) is 81.2 Å². The molecule has 2 aliphatic rings. The molecule has 0 spiro atoms. The number of carbonyl (C=O) groups is 2. The van der Waals surface area contributed by atoms with Gasteiger partial charge < -0.3 is 10.2 Å². The van der Waals surface area contributed by atoms with E-state index in [4.69, 9.17) is 0 Å². The van der Waals surface area contributed by atoms with Gasteiger partial charge in [0.1, 0.15) is 0 Å². The number of piperazine rings is 1. The normalized spacial score (nSPS) is 19.0. The summed E-state index contributed by atoms with van der Waals surface area (Å²) < 4.78 is 37.9. The van der Waals surface area contributed by atoms with Crippen molar-refractivity contribution in [2.24, 2.45) is 5.10 Å². The zero-order valence-corrected chi connectivity index (χ0v) is 19.4. The maximum Gasteiger partial charge on any atom is 0.451 e. The van der Waals surface area contributed by atoms with Crippen LogP contribution in [0, 0.1) is 6.92 Å². The summed E-state index contributed by atoms with van der Waals surface area (Å²) in [5.41, 5.74) is 3.10. The summed E-state index contributed by atoms with van der Waals surface area (Å²) in [5, 5.41) is 8.60. The van der Waals surface area contributed by atoms with Crippen molar-refractivity contribution < 1.29 is 22.8 Å². The SMILES string of the molecule is CC(=O)N1CCN(C2CN(C(=O)NCc3cnc(C(F)(F)F)nc3)N=C2c2ccc(C)cc2)CC1. The molecule has 1 aromatic carbocycles. The predicted molar refractivity (Wildman–Crippen MR) is 121 cm³/mol. The highest BCUT2D eigenvalue weighted by molar-refractivity contribution is 6.06. The fourth-order valence-electron chi connectivity index (χ4n) is 4.09. The number of hydrogen-bond donors (Lipinski definition) is 1. The first-order chi connectivity index (χ1) is 16.6. The van der Waals surface area contributed by atoms with Crippen LogP contribution in [0.2, 0.25) is 0 Å². The summed E-state index contributed by atoms with van der Waals surface area (Å²) in [5.74, 6) is -1.19. The van der Waals surface area contributed by atoms with Crippen molar-refractivity contribution in [2.75, 3.05) is 32.7 Å². The molecule has 0 saturated carbocycles. The Kier molecular flexibility index (Phi) is 7.01. The monoisotopic (exact) mass is 489 g/mol. The molecule has 0 radical (unpaired) electrons. The lowest BCUT2D eigenvalue weighted by molar-refractivity contribution is -0.145. The number of aryl methyl sites for hydroxylation is 1. The Hall–Kier alpha value is -3.54. The van der Waals surface area contributed by atoms with Gasteiger partial charge in [0.05, 0.1) is 18.3 Å². The van der Waals surface area contributed by atoms with Crippen LogP contribution in [0.15, 0.2) is 41.8 Å². The number of alkyl halides is 3. The summed E-state index contributed by atoms with van der Waals surface area (Å²) in [6.07, 6.45) is -2.54. The number of nitrogens with zero attached hydrogens (tertiary/aromatic N) is 6. The average molecular weight is 490 g/mol. The number of hydrogen-bond acceptors (Lipinski definition) is 6. The van der Waals surface area contributed by atoms with E-state index in [-0.39, 0.29) is 18.5 Å². The van der Waals surface area contributed by atoms with Gasteiger partial charge in [-0.15, -0.1) is 0 Å². The third-order valence-corrected chi connectivity index (χ3v) is 6.07. The number of carbonyl (C=O) groups excluding carboxylic acids is 2.